The number of sulfonamides is 1. The van der Waals surface area contributed by atoms with Crippen LogP contribution in [0.3, 0.4) is 0 Å². The van der Waals surface area contributed by atoms with Crippen LogP contribution in [-0.2, 0) is 19.6 Å². The van der Waals surface area contributed by atoms with Crippen molar-refractivity contribution in [3.63, 3.8) is 0 Å². The number of rotatable bonds is 10. The minimum Gasteiger partial charge on any atom is -0.497 e. The van der Waals surface area contributed by atoms with E-state index in [9.17, 15) is 18.0 Å². The number of nitrogens with one attached hydrogen (secondary N) is 1. The summed E-state index contributed by atoms with van der Waals surface area (Å²) in [5, 5.41) is 3.41. The van der Waals surface area contributed by atoms with Crippen molar-refractivity contribution in [2.24, 2.45) is 0 Å². The van der Waals surface area contributed by atoms with Gasteiger partial charge in [-0.15, -0.1) is 0 Å². The first-order valence-electron chi connectivity index (χ1n) is 13.7. The van der Waals surface area contributed by atoms with Gasteiger partial charge in [0, 0.05) is 55.6 Å². The third-order valence-electron chi connectivity index (χ3n) is 7.40. The van der Waals surface area contributed by atoms with E-state index in [-0.39, 0.29) is 36.7 Å². The molecule has 13 heteroatoms. The Morgan fingerprint density at radius 1 is 1.05 bits per heavy atom. The Morgan fingerprint density at radius 3 is 2.24 bits per heavy atom. The van der Waals surface area contributed by atoms with Crippen molar-refractivity contribution in [1.82, 2.24) is 19.4 Å². The Balaban J connectivity index is 1.69. The number of hydrogen-bond acceptors (Lipinski definition) is 8. The topological polar surface area (TPSA) is 118 Å². The van der Waals surface area contributed by atoms with Crippen LogP contribution < -0.4 is 14.8 Å². The third kappa shape index (κ3) is 6.51. The second-order valence-electron chi connectivity index (χ2n) is 10.0. The van der Waals surface area contributed by atoms with Crippen LogP contribution in [0.2, 0.25) is 5.02 Å². The van der Waals surface area contributed by atoms with E-state index >= 15 is 0 Å². The molecule has 2 aliphatic heterocycles. The maximum Gasteiger partial charge on any atom is 0.338 e. The number of hydrogen-bond donors (Lipinski definition) is 1. The fourth-order valence-electron chi connectivity index (χ4n) is 5.37. The Bertz CT molecular complexity index is 1430. The fourth-order valence-corrected chi connectivity index (χ4v) is 7.11. The minimum atomic E-state index is -3.73. The zero-order valence-corrected chi connectivity index (χ0v) is 26.0. The van der Waals surface area contributed by atoms with Gasteiger partial charge in [-0.2, -0.15) is 4.31 Å². The van der Waals surface area contributed by atoms with E-state index in [0.29, 0.717) is 53.0 Å². The number of ether oxygens (including phenoxy) is 3. The molecule has 4 rings (SSSR count). The summed E-state index contributed by atoms with van der Waals surface area (Å²) in [6, 6.07) is 9.77. The molecule has 11 nitrogen and oxygen atoms in total. The average Bonchev–Trinajstić information content (AvgIpc) is 2.97. The van der Waals surface area contributed by atoms with Crippen LogP contribution in [0.1, 0.15) is 32.4 Å². The third-order valence-corrected chi connectivity index (χ3v) is 9.68. The predicted molar refractivity (Wildman–Crippen MR) is 158 cm³/mol. The van der Waals surface area contributed by atoms with Gasteiger partial charge in [0.15, 0.2) is 0 Å². The van der Waals surface area contributed by atoms with E-state index in [1.165, 1.54) is 35.6 Å². The van der Waals surface area contributed by atoms with Crippen LogP contribution in [0.4, 0.5) is 4.79 Å². The molecule has 1 saturated heterocycles. The molecule has 2 amide bonds. The summed E-state index contributed by atoms with van der Waals surface area (Å²) in [7, 11) is -0.683. The molecule has 2 unspecified atom stereocenters. The monoisotopic (exact) mass is 620 g/mol. The standard InChI is InChI=1S/C29H37ClN4O7S/c1-6-33-25(18-32-12-13-34(19(3)17-32)42(37,38)24-10-8-21(30)9-11-24)26(28(35)41-7-2)27(31-29(33)36)20-14-22(39-4)16-23(15-20)40-5/h8-11,14-16,19,27H,6-7,12-13,17-18H2,1-5H3,(H,31,36). The molecule has 2 aromatic carbocycles. The molecule has 228 valence electrons. The number of amides is 2. The van der Waals surface area contributed by atoms with Crippen molar-refractivity contribution < 1.29 is 32.2 Å². The molecule has 42 heavy (non-hydrogen) atoms. The number of urea groups is 1. The summed E-state index contributed by atoms with van der Waals surface area (Å²) in [4.78, 5) is 30.6. The Kier molecular flexibility index (Phi) is 10.0. The first-order chi connectivity index (χ1) is 20.0. The molecule has 0 radical (unpaired) electrons. The van der Waals surface area contributed by atoms with Gasteiger partial charge in [-0.3, -0.25) is 9.80 Å². The van der Waals surface area contributed by atoms with Gasteiger partial charge in [0.2, 0.25) is 10.0 Å². The molecule has 2 heterocycles. The summed E-state index contributed by atoms with van der Waals surface area (Å²) >= 11 is 5.96. The molecule has 2 atom stereocenters. The largest absolute Gasteiger partial charge is 0.497 e. The summed E-state index contributed by atoms with van der Waals surface area (Å²) in [6.45, 7) is 7.14. The Labute approximate surface area is 252 Å². The lowest BCUT2D eigenvalue weighted by molar-refractivity contribution is -0.139. The summed E-state index contributed by atoms with van der Waals surface area (Å²) in [5.41, 5.74) is 1.41. The number of methoxy groups -OCH3 is 2. The highest BCUT2D eigenvalue weighted by molar-refractivity contribution is 7.89. The van der Waals surface area contributed by atoms with Gasteiger partial charge in [0.1, 0.15) is 11.5 Å². The van der Waals surface area contributed by atoms with E-state index in [2.05, 4.69) is 10.2 Å². The van der Waals surface area contributed by atoms with Crippen LogP contribution in [0.15, 0.2) is 58.6 Å². The highest BCUT2D eigenvalue weighted by Crippen LogP contribution is 2.36. The summed E-state index contributed by atoms with van der Waals surface area (Å²) < 4.78 is 44.6. The van der Waals surface area contributed by atoms with Crippen molar-refractivity contribution in [3.05, 3.63) is 64.3 Å². The number of esters is 1. The van der Waals surface area contributed by atoms with E-state index in [4.69, 9.17) is 25.8 Å². The van der Waals surface area contributed by atoms with Gasteiger partial charge in [-0.1, -0.05) is 11.6 Å². The molecular weight excluding hydrogens is 584 g/mol. The number of nitrogens with zero attached hydrogens (tertiary/aromatic N) is 3. The zero-order chi connectivity index (χ0) is 30.6. The molecule has 0 aromatic heterocycles. The SMILES string of the molecule is CCOC(=O)C1=C(CN2CCN(S(=O)(=O)c3ccc(Cl)cc3)C(C)C2)N(CC)C(=O)NC1c1cc(OC)cc(OC)c1. The minimum absolute atomic E-state index is 0.155. The van der Waals surface area contributed by atoms with Gasteiger partial charge in [0.25, 0.3) is 0 Å². The van der Waals surface area contributed by atoms with Crippen LogP contribution >= 0.6 is 11.6 Å². The second kappa shape index (κ2) is 13.3. The van der Waals surface area contributed by atoms with Crippen molar-refractivity contribution in [3.8, 4) is 11.5 Å². The molecule has 0 saturated carbocycles. The van der Waals surface area contributed by atoms with Crippen LogP contribution in [0, 0.1) is 0 Å². The van der Waals surface area contributed by atoms with E-state index in [0.717, 1.165) is 0 Å². The normalized spacial score (nSPS) is 20.3. The van der Waals surface area contributed by atoms with Gasteiger partial charge in [-0.05, 0) is 62.7 Å². The fraction of sp³-hybridized carbons (Fsp3) is 0.448. The van der Waals surface area contributed by atoms with Gasteiger partial charge < -0.3 is 19.5 Å². The lowest BCUT2D eigenvalue weighted by atomic mass is 9.93. The van der Waals surface area contributed by atoms with E-state index < -0.39 is 22.0 Å². The second-order valence-corrected chi connectivity index (χ2v) is 12.3. The molecule has 2 aliphatic rings. The molecule has 0 aliphatic carbocycles. The lowest BCUT2D eigenvalue weighted by Crippen LogP contribution is -2.56. The molecule has 0 bridgehead atoms. The molecular formula is C29H37ClN4O7S. The number of piperazine rings is 1. The molecule has 0 spiro atoms. The first-order valence-corrected chi connectivity index (χ1v) is 15.6. The van der Waals surface area contributed by atoms with Gasteiger partial charge in [-0.25, -0.2) is 18.0 Å². The Morgan fingerprint density at radius 2 is 1.69 bits per heavy atom. The predicted octanol–water partition coefficient (Wildman–Crippen LogP) is 3.66. The van der Waals surface area contributed by atoms with Crippen LogP contribution in [0.25, 0.3) is 0 Å². The van der Waals surface area contributed by atoms with E-state index in [1.54, 1.807) is 37.3 Å². The maximum absolute atomic E-state index is 13.5. The van der Waals surface area contributed by atoms with Crippen LogP contribution in [0.5, 0.6) is 11.5 Å². The number of halogens is 1. The van der Waals surface area contributed by atoms with Crippen LogP contribution in [-0.4, -0.2) is 94.1 Å². The number of benzene rings is 2. The van der Waals surface area contributed by atoms with E-state index in [1.807, 2.05) is 13.8 Å². The average molecular weight is 621 g/mol. The van der Waals surface area contributed by atoms with Crippen molar-refractivity contribution in [1.29, 1.82) is 0 Å². The quantitative estimate of drug-likeness (QED) is 0.400. The van der Waals surface area contributed by atoms with Gasteiger partial charge >= 0.3 is 12.0 Å². The van der Waals surface area contributed by atoms with Gasteiger partial charge in [0.05, 0.1) is 37.3 Å². The van der Waals surface area contributed by atoms with Crippen molar-refractivity contribution in [2.45, 2.75) is 37.8 Å². The highest BCUT2D eigenvalue weighted by Gasteiger charge is 2.40. The Hall–Kier alpha value is -3.32. The molecule has 2 aromatic rings. The number of likely N-dealkylation sites (N-methyl/N-ethyl adjacent to an activating group) is 1. The zero-order valence-electron chi connectivity index (χ0n) is 24.4. The number of carbonyl (C=O) groups is 2. The number of carbonyl (C=O) groups excluding carboxylic acids is 2. The lowest BCUT2D eigenvalue weighted by Gasteiger charge is -2.42. The smallest absolute Gasteiger partial charge is 0.338 e. The van der Waals surface area contributed by atoms with Crippen molar-refractivity contribution >= 4 is 33.6 Å². The summed E-state index contributed by atoms with van der Waals surface area (Å²) in [5.74, 6) is 0.469. The highest BCUT2D eigenvalue weighted by atomic mass is 35.5. The van der Waals surface area contributed by atoms with Crippen molar-refractivity contribution in [2.75, 3.05) is 53.6 Å². The first kappa shape index (κ1) is 31.6. The maximum atomic E-state index is 13.5. The summed E-state index contributed by atoms with van der Waals surface area (Å²) in [6.07, 6.45) is 0. The molecule has 1 N–H and O–H groups in total. The molecule has 1 fully saturated rings.